The maximum atomic E-state index is 6.25. The predicted molar refractivity (Wildman–Crippen MR) is 88.7 cm³/mol. The molecular weight excluding hydrogens is 305 g/mol. The molecule has 4 heteroatoms. The van der Waals surface area contributed by atoms with Crippen molar-refractivity contribution in [3.05, 3.63) is 64.3 Å². The van der Waals surface area contributed by atoms with Gasteiger partial charge in [0, 0.05) is 28.2 Å². The van der Waals surface area contributed by atoms with Gasteiger partial charge in [-0.05, 0) is 48.9 Å². The second-order valence-electron chi connectivity index (χ2n) is 4.80. The summed E-state index contributed by atoms with van der Waals surface area (Å²) in [7, 11) is 0. The lowest BCUT2D eigenvalue weighted by Crippen LogP contribution is -1.99. The molecule has 0 saturated heterocycles. The van der Waals surface area contributed by atoms with E-state index < -0.39 is 0 Å². The molecule has 0 unspecified atom stereocenters. The van der Waals surface area contributed by atoms with Crippen LogP contribution in [0.15, 0.2) is 48.7 Å². The van der Waals surface area contributed by atoms with Gasteiger partial charge in [0.05, 0.1) is 12.1 Å². The average Bonchev–Trinajstić information content (AvgIpc) is 2.88. The minimum Gasteiger partial charge on any atom is -0.493 e. The van der Waals surface area contributed by atoms with E-state index in [4.69, 9.17) is 27.9 Å². The first-order valence-electron chi connectivity index (χ1n) is 6.83. The van der Waals surface area contributed by atoms with Crippen LogP contribution in [0.25, 0.3) is 10.9 Å². The molecule has 2 nitrogen and oxygen atoms in total. The summed E-state index contributed by atoms with van der Waals surface area (Å²) < 4.78 is 7.81. The summed E-state index contributed by atoms with van der Waals surface area (Å²) in [5.74, 6) is 0.908. The van der Waals surface area contributed by atoms with Gasteiger partial charge in [-0.15, -0.1) is 0 Å². The molecule has 0 bridgehead atoms. The topological polar surface area (TPSA) is 14.2 Å². The third-order valence-electron chi connectivity index (χ3n) is 3.42. The van der Waals surface area contributed by atoms with Crippen molar-refractivity contribution < 1.29 is 4.74 Å². The largest absolute Gasteiger partial charge is 0.493 e. The number of rotatable bonds is 4. The fourth-order valence-electron chi connectivity index (χ4n) is 2.46. The molecule has 3 aromatic rings. The summed E-state index contributed by atoms with van der Waals surface area (Å²) in [4.78, 5) is 0. The zero-order valence-electron chi connectivity index (χ0n) is 11.6. The van der Waals surface area contributed by atoms with E-state index in [1.165, 1.54) is 0 Å². The van der Waals surface area contributed by atoms with E-state index in [0.29, 0.717) is 18.2 Å². The van der Waals surface area contributed by atoms with Crippen molar-refractivity contribution in [2.75, 3.05) is 6.61 Å². The Hall–Kier alpha value is -1.64. The molecule has 0 fully saturated rings. The summed E-state index contributed by atoms with van der Waals surface area (Å²) in [5.41, 5.74) is 2.13. The van der Waals surface area contributed by atoms with E-state index in [0.717, 1.165) is 27.2 Å². The molecule has 3 rings (SSSR count). The molecule has 0 radical (unpaired) electrons. The quantitative estimate of drug-likeness (QED) is 0.628. The van der Waals surface area contributed by atoms with E-state index in [9.17, 15) is 0 Å². The smallest absolute Gasteiger partial charge is 0.128 e. The van der Waals surface area contributed by atoms with Gasteiger partial charge in [0.1, 0.15) is 5.75 Å². The van der Waals surface area contributed by atoms with Crippen LogP contribution in [0.5, 0.6) is 5.75 Å². The van der Waals surface area contributed by atoms with Crippen molar-refractivity contribution in [1.82, 2.24) is 4.57 Å². The van der Waals surface area contributed by atoms with Crippen LogP contribution in [-0.4, -0.2) is 11.2 Å². The fourth-order valence-corrected chi connectivity index (χ4v) is 2.83. The number of nitrogens with zero attached hydrogens (tertiary/aromatic N) is 1. The molecule has 1 heterocycles. The lowest BCUT2D eigenvalue weighted by Gasteiger charge is -2.09. The zero-order chi connectivity index (χ0) is 14.8. The maximum Gasteiger partial charge on any atom is 0.128 e. The Bertz CT molecular complexity index is 780. The van der Waals surface area contributed by atoms with Crippen LogP contribution in [0.1, 0.15) is 12.5 Å². The molecule has 108 valence electrons. The number of fused-ring (bicyclic) bond motifs is 1. The zero-order valence-corrected chi connectivity index (χ0v) is 13.2. The van der Waals surface area contributed by atoms with Crippen LogP contribution >= 0.6 is 23.2 Å². The monoisotopic (exact) mass is 319 g/mol. The Morgan fingerprint density at radius 3 is 2.76 bits per heavy atom. The van der Waals surface area contributed by atoms with Gasteiger partial charge in [-0.1, -0.05) is 29.3 Å². The molecule has 0 N–H and O–H groups in total. The van der Waals surface area contributed by atoms with E-state index >= 15 is 0 Å². The van der Waals surface area contributed by atoms with Crippen molar-refractivity contribution in [1.29, 1.82) is 0 Å². The van der Waals surface area contributed by atoms with E-state index in [1.807, 2.05) is 37.4 Å². The molecular formula is C17H15Cl2NO. The molecule has 0 aliphatic heterocycles. The highest BCUT2D eigenvalue weighted by atomic mass is 35.5. The van der Waals surface area contributed by atoms with E-state index in [1.54, 1.807) is 6.07 Å². The SMILES string of the molecule is CCOc1cccc2c1ccn2Cc1cc(Cl)ccc1Cl. The van der Waals surface area contributed by atoms with Gasteiger partial charge in [0.25, 0.3) is 0 Å². The summed E-state index contributed by atoms with van der Waals surface area (Å²) >= 11 is 12.3. The van der Waals surface area contributed by atoms with Crippen LogP contribution < -0.4 is 4.74 Å². The minimum absolute atomic E-state index is 0.657. The summed E-state index contributed by atoms with van der Waals surface area (Å²) in [6, 6.07) is 13.7. The van der Waals surface area contributed by atoms with Crippen LogP contribution in [0.3, 0.4) is 0 Å². The Morgan fingerprint density at radius 2 is 1.95 bits per heavy atom. The molecule has 2 aromatic carbocycles. The van der Waals surface area contributed by atoms with Gasteiger partial charge < -0.3 is 9.30 Å². The number of hydrogen-bond acceptors (Lipinski definition) is 1. The summed E-state index contributed by atoms with van der Waals surface area (Å²) in [5, 5.41) is 2.53. The van der Waals surface area contributed by atoms with Gasteiger partial charge in [-0.3, -0.25) is 0 Å². The van der Waals surface area contributed by atoms with Crippen LogP contribution in [0.4, 0.5) is 0 Å². The minimum atomic E-state index is 0.657. The van der Waals surface area contributed by atoms with Crippen molar-refractivity contribution in [2.24, 2.45) is 0 Å². The lowest BCUT2D eigenvalue weighted by molar-refractivity contribution is 0.344. The highest BCUT2D eigenvalue weighted by molar-refractivity contribution is 6.33. The molecule has 0 spiro atoms. The Labute approximate surface area is 133 Å². The second kappa shape index (κ2) is 6.00. The first-order chi connectivity index (χ1) is 10.2. The van der Waals surface area contributed by atoms with Gasteiger partial charge in [0.15, 0.2) is 0 Å². The van der Waals surface area contributed by atoms with Crippen molar-refractivity contribution >= 4 is 34.1 Å². The molecule has 0 amide bonds. The number of ether oxygens (including phenoxy) is 1. The molecule has 1 aromatic heterocycles. The summed E-state index contributed by atoms with van der Waals surface area (Å²) in [6.07, 6.45) is 2.05. The number of benzene rings is 2. The van der Waals surface area contributed by atoms with Crippen LogP contribution in [0.2, 0.25) is 10.0 Å². The third-order valence-corrected chi connectivity index (χ3v) is 4.03. The number of halogens is 2. The third kappa shape index (κ3) is 2.87. The first-order valence-corrected chi connectivity index (χ1v) is 7.59. The highest BCUT2D eigenvalue weighted by Gasteiger charge is 2.08. The molecule has 21 heavy (non-hydrogen) atoms. The average molecular weight is 320 g/mol. The van der Waals surface area contributed by atoms with Crippen LogP contribution in [0, 0.1) is 0 Å². The Kier molecular flexibility index (Phi) is 4.09. The Morgan fingerprint density at radius 1 is 1.10 bits per heavy atom. The van der Waals surface area contributed by atoms with Gasteiger partial charge in [-0.25, -0.2) is 0 Å². The first kappa shape index (κ1) is 14.3. The standard InChI is InChI=1S/C17H15Cl2NO/c1-2-21-17-5-3-4-16-14(17)8-9-20(16)11-12-10-13(18)6-7-15(12)19/h3-10H,2,11H2,1H3. The molecule has 0 atom stereocenters. The van der Waals surface area contributed by atoms with Gasteiger partial charge in [0.2, 0.25) is 0 Å². The van der Waals surface area contributed by atoms with Gasteiger partial charge in [-0.2, -0.15) is 0 Å². The molecule has 0 saturated carbocycles. The van der Waals surface area contributed by atoms with Crippen molar-refractivity contribution in [2.45, 2.75) is 13.5 Å². The molecule has 0 aliphatic rings. The maximum absolute atomic E-state index is 6.25. The lowest BCUT2D eigenvalue weighted by atomic mass is 10.2. The fraction of sp³-hybridized carbons (Fsp3) is 0.176. The highest BCUT2D eigenvalue weighted by Crippen LogP contribution is 2.28. The Balaban J connectivity index is 2.01. The number of aromatic nitrogens is 1. The molecule has 0 aliphatic carbocycles. The van der Waals surface area contributed by atoms with E-state index in [-0.39, 0.29) is 0 Å². The van der Waals surface area contributed by atoms with Crippen molar-refractivity contribution in [3.63, 3.8) is 0 Å². The predicted octanol–water partition coefficient (Wildman–Crippen LogP) is 5.40. The van der Waals surface area contributed by atoms with E-state index in [2.05, 4.69) is 16.7 Å². The second-order valence-corrected chi connectivity index (χ2v) is 5.64. The summed E-state index contributed by atoms with van der Waals surface area (Å²) in [6.45, 7) is 3.32. The normalized spacial score (nSPS) is 11.0. The van der Waals surface area contributed by atoms with Crippen molar-refractivity contribution in [3.8, 4) is 5.75 Å². The van der Waals surface area contributed by atoms with Gasteiger partial charge >= 0.3 is 0 Å². The number of hydrogen-bond donors (Lipinski definition) is 0. The van der Waals surface area contributed by atoms with Crippen LogP contribution in [-0.2, 0) is 6.54 Å².